The van der Waals surface area contributed by atoms with Gasteiger partial charge in [0.15, 0.2) is 5.76 Å². The summed E-state index contributed by atoms with van der Waals surface area (Å²) >= 11 is 0. The van der Waals surface area contributed by atoms with Gasteiger partial charge in [-0.05, 0) is 47.5 Å². The zero-order valence-corrected chi connectivity index (χ0v) is 17.8. The van der Waals surface area contributed by atoms with Crippen LogP contribution in [0.3, 0.4) is 0 Å². The average molecular weight is 474 g/mol. The van der Waals surface area contributed by atoms with Crippen molar-refractivity contribution in [2.45, 2.75) is 24.9 Å². The molecule has 0 saturated carbocycles. The van der Waals surface area contributed by atoms with Crippen LogP contribution in [0.2, 0.25) is 0 Å². The smallest absolute Gasteiger partial charge is 0.416 e. The number of aliphatic hydroxyl groups is 1. The van der Waals surface area contributed by atoms with E-state index in [-0.39, 0.29) is 31.4 Å². The highest BCUT2D eigenvalue weighted by atomic mass is 19.4. The Bertz CT molecular complexity index is 1130. The number of amides is 2. The van der Waals surface area contributed by atoms with Crippen LogP contribution >= 0.6 is 0 Å². The molecule has 0 spiro atoms. The first-order valence-electron chi connectivity index (χ1n) is 10.4. The van der Waals surface area contributed by atoms with Gasteiger partial charge < -0.3 is 24.5 Å². The molecule has 7 nitrogen and oxygen atoms in total. The van der Waals surface area contributed by atoms with Gasteiger partial charge in [-0.25, -0.2) is 0 Å². The molecule has 2 heterocycles. The molecule has 0 radical (unpaired) electrons. The van der Waals surface area contributed by atoms with Crippen LogP contribution in [0.5, 0.6) is 0 Å². The van der Waals surface area contributed by atoms with Crippen molar-refractivity contribution in [3.63, 3.8) is 0 Å². The molecule has 1 aliphatic heterocycles. The fourth-order valence-corrected chi connectivity index (χ4v) is 3.67. The maximum Gasteiger partial charge on any atom is 0.416 e. The minimum absolute atomic E-state index is 0.0271. The number of ether oxygens (including phenoxy) is 1. The number of carbonyl (C=O) groups excluding carboxylic acids is 2. The second-order valence-corrected chi connectivity index (χ2v) is 7.80. The molecule has 0 bridgehead atoms. The highest BCUT2D eigenvalue weighted by Gasteiger charge is 2.35. The van der Waals surface area contributed by atoms with Crippen LogP contribution < -0.4 is 5.32 Å². The molecule has 2 atom stereocenters. The van der Waals surface area contributed by atoms with Gasteiger partial charge in [-0.2, -0.15) is 13.2 Å². The van der Waals surface area contributed by atoms with Crippen LogP contribution in [0, 0.1) is 0 Å². The van der Waals surface area contributed by atoms with E-state index in [2.05, 4.69) is 5.32 Å². The zero-order chi connectivity index (χ0) is 24.3. The van der Waals surface area contributed by atoms with Gasteiger partial charge in [-0.15, -0.1) is 0 Å². The van der Waals surface area contributed by atoms with E-state index < -0.39 is 29.8 Å². The molecule has 10 heteroatoms. The van der Waals surface area contributed by atoms with Gasteiger partial charge in [0.05, 0.1) is 24.5 Å². The van der Waals surface area contributed by atoms with E-state index in [0.29, 0.717) is 16.8 Å². The number of morpholine rings is 1. The van der Waals surface area contributed by atoms with Crippen molar-refractivity contribution < 1.29 is 37.0 Å². The lowest BCUT2D eigenvalue weighted by Gasteiger charge is -2.38. The normalized spacial score (nSPS) is 17.5. The number of anilines is 1. The summed E-state index contributed by atoms with van der Waals surface area (Å²) in [5.74, 6) is -0.647. The summed E-state index contributed by atoms with van der Waals surface area (Å²) in [6.07, 6.45) is -4.18. The van der Waals surface area contributed by atoms with Crippen molar-refractivity contribution in [2.24, 2.45) is 0 Å². The van der Waals surface area contributed by atoms with Gasteiger partial charge in [0.2, 0.25) is 5.91 Å². The maximum absolute atomic E-state index is 12.8. The van der Waals surface area contributed by atoms with E-state index in [1.54, 1.807) is 30.3 Å². The van der Waals surface area contributed by atoms with Gasteiger partial charge >= 0.3 is 6.18 Å². The van der Waals surface area contributed by atoms with Crippen LogP contribution in [-0.4, -0.2) is 41.1 Å². The number of nitrogens with zero attached hydrogens (tertiary/aromatic N) is 1. The van der Waals surface area contributed by atoms with Crippen molar-refractivity contribution in [1.82, 2.24) is 4.90 Å². The molecule has 1 fully saturated rings. The largest absolute Gasteiger partial charge is 0.459 e. The number of hydrogen-bond donors (Lipinski definition) is 2. The number of aliphatic hydroxyl groups excluding tert-OH is 1. The Hall–Kier alpha value is -3.63. The molecule has 2 aromatic carbocycles. The van der Waals surface area contributed by atoms with E-state index in [0.717, 1.165) is 12.1 Å². The lowest BCUT2D eigenvalue weighted by atomic mass is 9.99. The molecule has 2 amide bonds. The number of benzene rings is 2. The van der Waals surface area contributed by atoms with Crippen LogP contribution in [0.25, 0.3) is 0 Å². The Morgan fingerprint density at radius 1 is 1.12 bits per heavy atom. The van der Waals surface area contributed by atoms with Gasteiger partial charge in [0.25, 0.3) is 5.91 Å². The zero-order valence-electron chi connectivity index (χ0n) is 17.8. The van der Waals surface area contributed by atoms with Crippen LogP contribution in [0.1, 0.15) is 33.3 Å². The number of nitrogens with one attached hydrogen (secondary N) is 1. The van der Waals surface area contributed by atoms with Crippen molar-refractivity contribution in [1.29, 1.82) is 0 Å². The lowest BCUT2D eigenvalue weighted by molar-refractivity contribution is -0.155. The Morgan fingerprint density at radius 3 is 2.44 bits per heavy atom. The number of alkyl halides is 3. The highest BCUT2D eigenvalue weighted by Crippen LogP contribution is 2.30. The van der Waals surface area contributed by atoms with Gasteiger partial charge in [0.1, 0.15) is 12.7 Å². The van der Waals surface area contributed by atoms with Gasteiger partial charge in [-0.1, -0.05) is 24.3 Å². The SMILES string of the molecule is O=C(Nc1ccc(C(O)C2COCC(=O)N2Cc2ccc(C(F)(F)F)cc2)cc1)c1ccco1. The number of carbonyl (C=O) groups is 2. The van der Waals surface area contributed by atoms with Crippen molar-refractivity contribution in [3.05, 3.63) is 89.4 Å². The topological polar surface area (TPSA) is 92.0 Å². The molecule has 1 aliphatic rings. The second kappa shape index (κ2) is 9.70. The summed E-state index contributed by atoms with van der Waals surface area (Å²) in [5.41, 5.74) is 0.684. The quantitative estimate of drug-likeness (QED) is 0.563. The van der Waals surface area contributed by atoms with Gasteiger partial charge in [-0.3, -0.25) is 9.59 Å². The third-order valence-electron chi connectivity index (χ3n) is 5.49. The van der Waals surface area contributed by atoms with Crippen LogP contribution in [0.4, 0.5) is 18.9 Å². The average Bonchev–Trinajstić information content (AvgIpc) is 3.35. The summed E-state index contributed by atoms with van der Waals surface area (Å²) in [7, 11) is 0. The summed E-state index contributed by atoms with van der Waals surface area (Å²) in [6, 6.07) is 13.3. The van der Waals surface area contributed by atoms with E-state index >= 15 is 0 Å². The third kappa shape index (κ3) is 5.29. The molecular formula is C24H21F3N2O5. The fraction of sp³-hybridized carbons (Fsp3) is 0.250. The standard InChI is InChI=1S/C24H21F3N2O5/c25-24(26,27)17-7-3-15(4-8-17)12-29-19(13-33-14-21(29)30)22(31)16-5-9-18(10-6-16)28-23(32)20-2-1-11-34-20/h1-11,19,22,31H,12-14H2,(H,28,32). The molecular weight excluding hydrogens is 453 g/mol. The first-order valence-corrected chi connectivity index (χ1v) is 10.4. The Balaban J connectivity index is 1.46. The molecule has 1 aromatic heterocycles. The molecule has 34 heavy (non-hydrogen) atoms. The third-order valence-corrected chi connectivity index (χ3v) is 5.49. The fourth-order valence-electron chi connectivity index (χ4n) is 3.67. The Kier molecular flexibility index (Phi) is 6.71. The monoisotopic (exact) mass is 474 g/mol. The molecule has 2 N–H and O–H groups in total. The Labute approximate surface area is 192 Å². The molecule has 3 aromatic rings. The summed E-state index contributed by atoms with van der Waals surface area (Å²) in [4.78, 5) is 26.0. The lowest BCUT2D eigenvalue weighted by Crippen LogP contribution is -2.51. The summed E-state index contributed by atoms with van der Waals surface area (Å²) in [5, 5.41) is 13.6. The van der Waals surface area contributed by atoms with E-state index in [4.69, 9.17) is 9.15 Å². The molecule has 4 rings (SSSR count). The second-order valence-electron chi connectivity index (χ2n) is 7.80. The highest BCUT2D eigenvalue weighted by molar-refractivity contribution is 6.02. The van der Waals surface area contributed by atoms with E-state index in [1.165, 1.54) is 29.4 Å². The van der Waals surface area contributed by atoms with Crippen molar-refractivity contribution in [3.8, 4) is 0 Å². The summed E-state index contributed by atoms with van der Waals surface area (Å²) in [6.45, 7) is -0.0918. The predicted octanol–water partition coefficient (Wildman–Crippen LogP) is 4.01. The number of furan rings is 1. The number of halogens is 3. The molecule has 1 saturated heterocycles. The predicted molar refractivity (Wildman–Crippen MR) is 115 cm³/mol. The van der Waals surface area contributed by atoms with Crippen LogP contribution in [-0.2, 0) is 22.3 Å². The summed E-state index contributed by atoms with van der Waals surface area (Å²) < 4.78 is 48.8. The van der Waals surface area contributed by atoms with E-state index in [9.17, 15) is 27.9 Å². The van der Waals surface area contributed by atoms with Crippen molar-refractivity contribution >= 4 is 17.5 Å². The van der Waals surface area contributed by atoms with Gasteiger partial charge in [0, 0.05) is 12.2 Å². The Morgan fingerprint density at radius 2 is 1.82 bits per heavy atom. The molecule has 2 unspecified atom stereocenters. The molecule has 178 valence electrons. The van der Waals surface area contributed by atoms with E-state index in [1.807, 2.05) is 0 Å². The minimum Gasteiger partial charge on any atom is -0.459 e. The first kappa shape index (κ1) is 23.5. The number of hydrogen-bond acceptors (Lipinski definition) is 5. The maximum atomic E-state index is 12.8. The van der Waals surface area contributed by atoms with Crippen molar-refractivity contribution in [2.75, 3.05) is 18.5 Å². The number of rotatable bonds is 6. The van der Waals surface area contributed by atoms with Crippen LogP contribution in [0.15, 0.2) is 71.3 Å². The molecule has 0 aliphatic carbocycles. The first-order chi connectivity index (χ1) is 16.2. The minimum atomic E-state index is -4.45.